The van der Waals surface area contributed by atoms with Crippen molar-refractivity contribution in [1.29, 1.82) is 5.26 Å². The predicted octanol–water partition coefficient (Wildman–Crippen LogP) is 4.49. The topological polar surface area (TPSA) is 59.3 Å². The van der Waals surface area contributed by atoms with Gasteiger partial charge in [0.1, 0.15) is 24.5 Å². The lowest BCUT2D eigenvalue weighted by molar-refractivity contribution is 0.0467. The first-order valence-electron chi connectivity index (χ1n) is 8.18. The van der Waals surface area contributed by atoms with Crippen molar-refractivity contribution in [3.05, 3.63) is 101 Å². The lowest BCUT2D eigenvalue weighted by atomic mass is 10.1. The lowest BCUT2D eigenvalue weighted by Crippen LogP contribution is -2.09. The second kappa shape index (κ2) is 8.50. The van der Waals surface area contributed by atoms with Gasteiger partial charge in [0.15, 0.2) is 0 Å². The SMILES string of the molecule is N#Cc1ccc(OCc2ccccc2)c(C(=O)OCc2ccccc2)c1. The zero-order valence-corrected chi connectivity index (χ0v) is 14.1. The molecular formula is C22H17NO3. The Morgan fingerprint density at radius 2 is 1.46 bits per heavy atom. The summed E-state index contributed by atoms with van der Waals surface area (Å²) in [6, 6.07) is 25.9. The molecule has 0 aliphatic carbocycles. The minimum Gasteiger partial charge on any atom is -0.488 e. The summed E-state index contributed by atoms with van der Waals surface area (Å²) in [6.07, 6.45) is 0. The molecule has 0 unspecified atom stereocenters. The molecule has 0 fully saturated rings. The molecule has 0 amide bonds. The molecule has 0 aliphatic rings. The van der Waals surface area contributed by atoms with E-state index in [4.69, 9.17) is 14.7 Å². The summed E-state index contributed by atoms with van der Waals surface area (Å²) in [6.45, 7) is 0.486. The van der Waals surface area contributed by atoms with Crippen LogP contribution in [0.2, 0.25) is 0 Å². The van der Waals surface area contributed by atoms with E-state index in [0.717, 1.165) is 11.1 Å². The highest BCUT2D eigenvalue weighted by atomic mass is 16.5. The zero-order chi connectivity index (χ0) is 18.2. The van der Waals surface area contributed by atoms with Crippen molar-refractivity contribution in [2.45, 2.75) is 13.2 Å². The third-order valence-corrected chi connectivity index (χ3v) is 3.78. The fourth-order valence-corrected chi connectivity index (χ4v) is 2.42. The van der Waals surface area contributed by atoms with Gasteiger partial charge in [0, 0.05) is 0 Å². The molecule has 26 heavy (non-hydrogen) atoms. The largest absolute Gasteiger partial charge is 0.488 e. The molecule has 0 radical (unpaired) electrons. The number of hydrogen-bond donors (Lipinski definition) is 0. The van der Waals surface area contributed by atoms with Gasteiger partial charge < -0.3 is 9.47 Å². The van der Waals surface area contributed by atoms with Crippen molar-refractivity contribution in [2.24, 2.45) is 0 Å². The van der Waals surface area contributed by atoms with Crippen LogP contribution in [0.3, 0.4) is 0 Å². The number of ether oxygens (including phenoxy) is 2. The molecule has 0 saturated heterocycles. The average molecular weight is 343 g/mol. The predicted molar refractivity (Wildman–Crippen MR) is 97.5 cm³/mol. The van der Waals surface area contributed by atoms with E-state index in [1.807, 2.05) is 66.7 Å². The first-order valence-corrected chi connectivity index (χ1v) is 8.18. The van der Waals surface area contributed by atoms with Crippen molar-refractivity contribution in [3.63, 3.8) is 0 Å². The van der Waals surface area contributed by atoms with Crippen LogP contribution in [0.4, 0.5) is 0 Å². The molecule has 4 nitrogen and oxygen atoms in total. The number of carbonyl (C=O) groups excluding carboxylic acids is 1. The number of nitrogens with zero attached hydrogens (tertiary/aromatic N) is 1. The van der Waals surface area contributed by atoms with E-state index in [1.54, 1.807) is 12.1 Å². The molecule has 3 rings (SSSR count). The molecule has 0 bridgehead atoms. The number of nitriles is 1. The average Bonchev–Trinajstić information content (AvgIpc) is 2.72. The minimum atomic E-state index is -0.519. The van der Waals surface area contributed by atoms with Gasteiger partial charge in [-0.05, 0) is 29.3 Å². The van der Waals surface area contributed by atoms with Crippen LogP contribution >= 0.6 is 0 Å². The number of hydrogen-bond acceptors (Lipinski definition) is 4. The summed E-state index contributed by atoms with van der Waals surface area (Å²) in [5, 5.41) is 9.11. The molecule has 3 aromatic carbocycles. The molecule has 0 saturated carbocycles. The number of carbonyl (C=O) groups is 1. The molecule has 128 valence electrons. The third kappa shape index (κ3) is 4.49. The van der Waals surface area contributed by atoms with Crippen LogP contribution in [-0.4, -0.2) is 5.97 Å². The van der Waals surface area contributed by atoms with Gasteiger partial charge in [-0.3, -0.25) is 0 Å². The maximum atomic E-state index is 12.5. The lowest BCUT2D eigenvalue weighted by Gasteiger charge is -2.12. The molecule has 0 spiro atoms. The van der Waals surface area contributed by atoms with E-state index < -0.39 is 5.97 Å². The summed E-state index contributed by atoms with van der Waals surface area (Å²) < 4.78 is 11.2. The summed E-state index contributed by atoms with van der Waals surface area (Å²) in [5.41, 5.74) is 2.50. The Bertz CT molecular complexity index is 915. The van der Waals surface area contributed by atoms with Crippen LogP contribution in [0.15, 0.2) is 78.9 Å². The van der Waals surface area contributed by atoms with E-state index in [0.29, 0.717) is 17.9 Å². The molecule has 0 N–H and O–H groups in total. The fourth-order valence-electron chi connectivity index (χ4n) is 2.42. The minimum absolute atomic E-state index is 0.161. The van der Waals surface area contributed by atoms with Gasteiger partial charge >= 0.3 is 5.97 Å². The highest BCUT2D eigenvalue weighted by Gasteiger charge is 2.16. The van der Waals surface area contributed by atoms with Crippen molar-refractivity contribution < 1.29 is 14.3 Å². The van der Waals surface area contributed by atoms with E-state index in [-0.39, 0.29) is 12.2 Å². The smallest absolute Gasteiger partial charge is 0.342 e. The van der Waals surface area contributed by atoms with Gasteiger partial charge in [0.2, 0.25) is 0 Å². The van der Waals surface area contributed by atoms with Gasteiger partial charge in [-0.15, -0.1) is 0 Å². The van der Waals surface area contributed by atoms with Crippen molar-refractivity contribution >= 4 is 5.97 Å². The molecule has 0 atom stereocenters. The van der Waals surface area contributed by atoms with E-state index in [1.165, 1.54) is 6.07 Å². The van der Waals surface area contributed by atoms with Crippen LogP contribution in [0.1, 0.15) is 27.0 Å². The third-order valence-electron chi connectivity index (χ3n) is 3.78. The summed E-state index contributed by atoms with van der Waals surface area (Å²) in [7, 11) is 0. The maximum absolute atomic E-state index is 12.5. The van der Waals surface area contributed by atoms with E-state index in [2.05, 4.69) is 0 Å². The summed E-state index contributed by atoms with van der Waals surface area (Å²) >= 11 is 0. The zero-order valence-electron chi connectivity index (χ0n) is 14.1. The summed E-state index contributed by atoms with van der Waals surface area (Å²) in [4.78, 5) is 12.5. The second-order valence-corrected chi connectivity index (χ2v) is 5.66. The normalized spacial score (nSPS) is 9.96. The Kier molecular flexibility index (Phi) is 5.64. The number of esters is 1. The van der Waals surface area contributed by atoms with Gasteiger partial charge in [0.05, 0.1) is 11.6 Å². The summed E-state index contributed by atoms with van der Waals surface area (Å²) in [5.74, 6) is -0.125. The number of rotatable bonds is 6. The van der Waals surface area contributed by atoms with Crippen LogP contribution in [-0.2, 0) is 18.0 Å². The standard InChI is InChI=1S/C22H17NO3/c23-14-19-11-12-21(25-15-17-7-3-1-4-8-17)20(13-19)22(24)26-16-18-9-5-2-6-10-18/h1-13H,15-16H2. The highest BCUT2D eigenvalue weighted by molar-refractivity contribution is 5.93. The van der Waals surface area contributed by atoms with Gasteiger partial charge in [0.25, 0.3) is 0 Å². The second-order valence-electron chi connectivity index (χ2n) is 5.66. The first-order chi connectivity index (χ1) is 12.8. The molecule has 4 heteroatoms. The highest BCUT2D eigenvalue weighted by Crippen LogP contribution is 2.23. The Hall–Kier alpha value is -3.58. The molecule has 3 aromatic rings. The van der Waals surface area contributed by atoms with Gasteiger partial charge in [-0.25, -0.2) is 4.79 Å². The van der Waals surface area contributed by atoms with Gasteiger partial charge in [-0.2, -0.15) is 5.26 Å². The first kappa shape index (κ1) is 17.2. The van der Waals surface area contributed by atoms with Gasteiger partial charge in [-0.1, -0.05) is 60.7 Å². The number of benzene rings is 3. The molecule has 0 aliphatic heterocycles. The molecule has 0 heterocycles. The monoisotopic (exact) mass is 343 g/mol. The quantitative estimate of drug-likeness (QED) is 0.619. The maximum Gasteiger partial charge on any atom is 0.342 e. The van der Waals surface area contributed by atoms with Crippen molar-refractivity contribution in [1.82, 2.24) is 0 Å². The van der Waals surface area contributed by atoms with Crippen LogP contribution in [0, 0.1) is 11.3 Å². The molecule has 0 aromatic heterocycles. The Morgan fingerprint density at radius 3 is 2.08 bits per heavy atom. The Labute approximate surface area is 152 Å². The van der Waals surface area contributed by atoms with Crippen LogP contribution in [0.25, 0.3) is 0 Å². The van der Waals surface area contributed by atoms with Crippen LogP contribution < -0.4 is 4.74 Å². The van der Waals surface area contributed by atoms with Crippen molar-refractivity contribution in [2.75, 3.05) is 0 Å². The van der Waals surface area contributed by atoms with E-state index in [9.17, 15) is 4.79 Å². The molecular weight excluding hydrogens is 326 g/mol. The Morgan fingerprint density at radius 1 is 0.846 bits per heavy atom. The Balaban J connectivity index is 1.75. The fraction of sp³-hybridized carbons (Fsp3) is 0.0909. The van der Waals surface area contributed by atoms with Crippen molar-refractivity contribution in [3.8, 4) is 11.8 Å². The van der Waals surface area contributed by atoms with Crippen LogP contribution in [0.5, 0.6) is 5.75 Å². The van der Waals surface area contributed by atoms with E-state index >= 15 is 0 Å².